The lowest BCUT2D eigenvalue weighted by atomic mass is 10.1. The van der Waals surface area contributed by atoms with Crippen LogP contribution in [-0.4, -0.2) is 17.8 Å². The summed E-state index contributed by atoms with van der Waals surface area (Å²) in [5.74, 6) is 0. The van der Waals surface area contributed by atoms with E-state index in [0.29, 0.717) is 6.54 Å². The lowest BCUT2D eigenvalue weighted by Crippen LogP contribution is -2.27. The summed E-state index contributed by atoms with van der Waals surface area (Å²) >= 11 is 6.94. The minimum absolute atomic E-state index is 0.224. The van der Waals surface area contributed by atoms with Gasteiger partial charge in [-0.15, -0.1) is 0 Å². The third kappa shape index (κ3) is 4.23. The number of hydrogen-bond donors (Lipinski definition) is 2. The predicted octanol–water partition coefficient (Wildman–Crippen LogP) is 3.24. The van der Waals surface area contributed by atoms with Crippen LogP contribution in [0.1, 0.15) is 25.5 Å². The van der Waals surface area contributed by atoms with E-state index in [0.717, 1.165) is 8.95 Å². The molecular weight excluding hydrogens is 322 g/mol. The van der Waals surface area contributed by atoms with Crippen LogP contribution >= 0.6 is 31.9 Å². The molecule has 1 aromatic carbocycles. The van der Waals surface area contributed by atoms with E-state index >= 15 is 0 Å². The van der Waals surface area contributed by atoms with E-state index in [4.69, 9.17) is 0 Å². The molecule has 0 amide bonds. The van der Waals surface area contributed by atoms with Crippen LogP contribution in [0.5, 0.6) is 0 Å². The number of aliphatic hydroxyl groups is 1. The summed E-state index contributed by atoms with van der Waals surface area (Å²) < 4.78 is 2.13. The lowest BCUT2D eigenvalue weighted by Gasteiger charge is -2.17. The molecule has 0 saturated heterocycles. The van der Waals surface area contributed by atoms with Gasteiger partial charge in [0.15, 0.2) is 0 Å². The van der Waals surface area contributed by atoms with Crippen LogP contribution in [-0.2, 0) is 0 Å². The van der Waals surface area contributed by atoms with Crippen molar-refractivity contribution in [3.8, 4) is 0 Å². The first kappa shape index (κ1) is 13.2. The van der Waals surface area contributed by atoms with Crippen LogP contribution in [0.2, 0.25) is 0 Å². The molecule has 2 unspecified atom stereocenters. The number of hydrogen-bond acceptors (Lipinski definition) is 2. The van der Waals surface area contributed by atoms with Gasteiger partial charge >= 0.3 is 0 Å². The van der Waals surface area contributed by atoms with Crippen LogP contribution in [0.4, 0.5) is 0 Å². The summed E-state index contributed by atoms with van der Waals surface area (Å²) in [5.41, 5.74) is 1.19. The maximum absolute atomic E-state index is 9.18. The van der Waals surface area contributed by atoms with Gasteiger partial charge in [0, 0.05) is 21.5 Å². The maximum atomic E-state index is 9.18. The lowest BCUT2D eigenvalue weighted by molar-refractivity contribution is 0.187. The minimum atomic E-state index is -0.318. The second kappa shape index (κ2) is 5.99. The number of aliphatic hydroxyl groups excluding tert-OH is 1. The smallest absolute Gasteiger partial charge is 0.0636 e. The Hall–Kier alpha value is 0.1000. The van der Waals surface area contributed by atoms with Crippen LogP contribution in [0.3, 0.4) is 0 Å². The first-order chi connectivity index (χ1) is 7.00. The Morgan fingerprint density at radius 3 is 2.53 bits per heavy atom. The fourth-order valence-corrected chi connectivity index (χ4v) is 2.70. The van der Waals surface area contributed by atoms with Crippen molar-refractivity contribution in [3.05, 3.63) is 32.7 Å². The third-order valence-corrected chi connectivity index (χ3v) is 3.33. The van der Waals surface area contributed by atoms with Gasteiger partial charge in [0.2, 0.25) is 0 Å². The summed E-state index contributed by atoms with van der Waals surface area (Å²) in [5, 5.41) is 12.4. The largest absolute Gasteiger partial charge is 0.392 e. The van der Waals surface area contributed by atoms with E-state index in [1.165, 1.54) is 5.56 Å². The molecule has 0 bridgehead atoms. The van der Waals surface area contributed by atoms with E-state index < -0.39 is 0 Å². The molecule has 2 N–H and O–H groups in total. The van der Waals surface area contributed by atoms with Crippen LogP contribution < -0.4 is 5.32 Å². The molecule has 0 fully saturated rings. The van der Waals surface area contributed by atoms with Gasteiger partial charge in [-0.2, -0.15) is 0 Å². The first-order valence-corrected chi connectivity index (χ1v) is 6.45. The molecule has 1 aromatic rings. The zero-order valence-corrected chi connectivity index (χ0v) is 12.0. The predicted molar refractivity (Wildman–Crippen MR) is 69.9 cm³/mol. The van der Waals surface area contributed by atoms with E-state index in [-0.39, 0.29) is 12.1 Å². The molecule has 1 rings (SSSR count). The Morgan fingerprint density at radius 2 is 2.00 bits per heavy atom. The standard InChI is InChI=1S/C11H15Br2NO/c1-7(15)6-14-8(2)10-4-3-9(12)5-11(10)13/h3-5,7-8,14-15H,6H2,1-2H3. The fourth-order valence-electron chi connectivity index (χ4n) is 1.31. The molecule has 84 valence electrons. The molecular formula is C11H15Br2NO. The average Bonchev–Trinajstić information content (AvgIpc) is 2.14. The number of rotatable bonds is 4. The Bertz CT molecular complexity index is 328. The van der Waals surface area contributed by atoms with E-state index in [9.17, 15) is 5.11 Å². The zero-order valence-electron chi connectivity index (χ0n) is 8.80. The van der Waals surface area contributed by atoms with Gasteiger partial charge in [-0.1, -0.05) is 37.9 Å². The van der Waals surface area contributed by atoms with Gasteiger partial charge in [0.05, 0.1) is 6.10 Å². The quantitative estimate of drug-likeness (QED) is 0.884. The summed E-state index contributed by atoms with van der Waals surface area (Å²) in [6.45, 7) is 4.45. The zero-order chi connectivity index (χ0) is 11.4. The highest BCUT2D eigenvalue weighted by molar-refractivity contribution is 9.11. The molecule has 0 aliphatic heterocycles. The van der Waals surface area contributed by atoms with E-state index in [1.54, 1.807) is 6.92 Å². The van der Waals surface area contributed by atoms with Crippen LogP contribution in [0.25, 0.3) is 0 Å². The van der Waals surface area contributed by atoms with Gasteiger partial charge in [-0.25, -0.2) is 0 Å². The molecule has 4 heteroatoms. The van der Waals surface area contributed by atoms with Crippen LogP contribution in [0, 0.1) is 0 Å². The summed E-state index contributed by atoms with van der Waals surface area (Å²) in [6, 6.07) is 6.33. The van der Waals surface area contributed by atoms with Crippen molar-refractivity contribution in [1.82, 2.24) is 5.32 Å². The SMILES string of the molecule is CC(O)CNC(C)c1ccc(Br)cc1Br. The fraction of sp³-hybridized carbons (Fsp3) is 0.455. The van der Waals surface area contributed by atoms with E-state index in [2.05, 4.69) is 50.2 Å². The highest BCUT2D eigenvalue weighted by Crippen LogP contribution is 2.26. The minimum Gasteiger partial charge on any atom is -0.392 e. The topological polar surface area (TPSA) is 32.3 Å². The van der Waals surface area contributed by atoms with Crippen molar-refractivity contribution in [2.24, 2.45) is 0 Å². The Kier molecular flexibility index (Phi) is 5.26. The maximum Gasteiger partial charge on any atom is 0.0636 e. The number of halogens is 2. The molecule has 2 nitrogen and oxygen atoms in total. The highest BCUT2D eigenvalue weighted by Gasteiger charge is 2.09. The molecule has 0 aromatic heterocycles. The van der Waals surface area contributed by atoms with Crippen molar-refractivity contribution < 1.29 is 5.11 Å². The molecule has 0 heterocycles. The third-order valence-electron chi connectivity index (χ3n) is 2.15. The molecule has 0 saturated carbocycles. The Balaban J connectivity index is 2.69. The normalized spacial score (nSPS) is 15.0. The van der Waals surface area contributed by atoms with Crippen molar-refractivity contribution in [3.63, 3.8) is 0 Å². The second-order valence-electron chi connectivity index (χ2n) is 3.64. The Labute approximate surface area is 107 Å². The number of nitrogens with one attached hydrogen (secondary N) is 1. The summed E-state index contributed by atoms with van der Waals surface area (Å²) in [4.78, 5) is 0. The van der Waals surface area contributed by atoms with E-state index in [1.807, 2.05) is 12.1 Å². The second-order valence-corrected chi connectivity index (χ2v) is 5.41. The van der Waals surface area contributed by atoms with Crippen LogP contribution in [0.15, 0.2) is 27.1 Å². The van der Waals surface area contributed by atoms with Gasteiger partial charge in [-0.05, 0) is 31.5 Å². The van der Waals surface area contributed by atoms with Crippen molar-refractivity contribution in [2.45, 2.75) is 26.0 Å². The van der Waals surface area contributed by atoms with Crippen molar-refractivity contribution >= 4 is 31.9 Å². The molecule has 0 spiro atoms. The first-order valence-electron chi connectivity index (χ1n) is 4.87. The van der Waals surface area contributed by atoms with Gasteiger partial charge in [0.1, 0.15) is 0 Å². The van der Waals surface area contributed by atoms with Crippen molar-refractivity contribution in [2.75, 3.05) is 6.54 Å². The van der Waals surface area contributed by atoms with Crippen molar-refractivity contribution in [1.29, 1.82) is 0 Å². The average molecular weight is 337 g/mol. The monoisotopic (exact) mass is 335 g/mol. The molecule has 2 atom stereocenters. The van der Waals surface area contributed by atoms with Gasteiger partial charge < -0.3 is 10.4 Å². The van der Waals surface area contributed by atoms with Gasteiger partial charge in [-0.3, -0.25) is 0 Å². The summed E-state index contributed by atoms with van der Waals surface area (Å²) in [7, 11) is 0. The summed E-state index contributed by atoms with van der Waals surface area (Å²) in [6.07, 6.45) is -0.318. The molecule has 15 heavy (non-hydrogen) atoms. The van der Waals surface area contributed by atoms with Gasteiger partial charge in [0.25, 0.3) is 0 Å². The number of benzene rings is 1. The Morgan fingerprint density at radius 1 is 1.33 bits per heavy atom. The molecule has 0 aliphatic rings. The highest BCUT2D eigenvalue weighted by atomic mass is 79.9. The molecule has 0 aliphatic carbocycles. The molecule has 0 radical (unpaired) electrons.